The van der Waals surface area contributed by atoms with Crippen LogP contribution in [0.2, 0.25) is 0 Å². The first-order valence-electron chi connectivity index (χ1n) is 8.83. The highest BCUT2D eigenvalue weighted by Crippen LogP contribution is 2.38. The number of nitrogens with one attached hydrogen (secondary N) is 2. The first-order valence-corrected chi connectivity index (χ1v) is 8.83. The molecule has 0 spiro atoms. The fourth-order valence-electron chi connectivity index (χ4n) is 3.27. The number of imidazole rings is 1. The lowest BCUT2D eigenvalue weighted by Crippen LogP contribution is -2.08. The van der Waals surface area contributed by atoms with Crippen LogP contribution in [-0.2, 0) is 6.18 Å². The number of alkyl halides is 3. The summed E-state index contributed by atoms with van der Waals surface area (Å²) in [5, 5.41) is 3.10. The van der Waals surface area contributed by atoms with Gasteiger partial charge in [-0.25, -0.2) is 19.9 Å². The number of rotatable bonds is 3. The van der Waals surface area contributed by atoms with Crippen LogP contribution in [0.1, 0.15) is 22.6 Å². The molecule has 9 heteroatoms. The summed E-state index contributed by atoms with van der Waals surface area (Å²) in [5.41, 5.74) is 1.54. The topological polar surface area (TPSA) is 79.4 Å². The molecular weight excluding hydrogens is 381 g/mol. The van der Waals surface area contributed by atoms with Gasteiger partial charge >= 0.3 is 6.18 Å². The molecule has 0 saturated heterocycles. The zero-order valence-corrected chi connectivity index (χ0v) is 15.9. The summed E-state index contributed by atoms with van der Waals surface area (Å²) in [7, 11) is 0. The van der Waals surface area contributed by atoms with Gasteiger partial charge in [0.05, 0.1) is 11.1 Å². The van der Waals surface area contributed by atoms with Crippen molar-refractivity contribution >= 4 is 22.7 Å². The first-order chi connectivity index (χ1) is 13.7. The molecule has 0 aliphatic rings. The Morgan fingerprint density at radius 2 is 1.79 bits per heavy atom. The summed E-state index contributed by atoms with van der Waals surface area (Å²) in [6.45, 7) is 5.25. The molecule has 3 heterocycles. The molecule has 2 N–H and O–H groups in total. The molecule has 0 radical (unpaired) electrons. The highest BCUT2D eigenvalue weighted by atomic mass is 19.4. The minimum absolute atomic E-state index is 0.0240. The smallest absolute Gasteiger partial charge is 0.335 e. The summed E-state index contributed by atoms with van der Waals surface area (Å²) >= 11 is 0. The Hall–Kier alpha value is -3.49. The van der Waals surface area contributed by atoms with E-state index < -0.39 is 11.7 Å². The van der Waals surface area contributed by atoms with Crippen molar-refractivity contribution in [2.75, 3.05) is 5.32 Å². The number of aromatic nitrogens is 5. The van der Waals surface area contributed by atoms with Gasteiger partial charge in [0.1, 0.15) is 23.0 Å². The lowest BCUT2D eigenvalue weighted by Gasteiger charge is -2.13. The van der Waals surface area contributed by atoms with Crippen molar-refractivity contribution in [3.8, 4) is 11.4 Å². The fraction of sp³-hybridized carbons (Fsp3) is 0.200. The molecule has 148 valence electrons. The van der Waals surface area contributed by atoms with Gasteiger partial charge in [-0.3, -0.25) is 0 Å². The zero-order chi connectivity index (χ0) is 20.8. The maximum atomic E-state index is 13.5. The summed E-state index contributed by atoms with van der Waals surface area (Å²) < 4.78 is 40.6. The number of hydrogen-bond acceptors (Lipinski definition) is 5. The Bertz CT molecular complexity index is 1190. The minimum atomic E-state index is -4.49. The molecule has 0 bridgehead atoms. The molecule has 4 aromatic rings. The van der Waals surface area contributed by atoms with E-state index in [1.165, 1.54) is 6.07 Å². The van der Waals surface area contributed by atoms with E-state index in [4.69, 9.17) is 0 Å². The van der Waals surface area contributed by atoms with Gasteiger partial charge in [0, 0.05) is 23.5 Å². The Morgan fingerprint density at radius 3 is 2.52 bits per heavy atom. The largest absolute Gasteiger partial charge is 0.417 e. The molecule has 0 atom stereocenters. The number of pyridine rings is 1. The van der Waals surface area contributed by atoms with E-state index in [0.29, 0.717) is 34.1 Å². The third-order valence-electron chi connectivity index (χ3n) is 4.43. The van der Waals surface area contributed by atoms with Gasteiger partial charge in [-0.05, 0) is 38.5 Å². The standard InChI is InChI=1S/C20H17F3N6/c1-10-5-4-6-13(20(21,22)23)16(10)18-27-14-7-8-24-19(17(14)29-18)28-15-9-11(2)25-12(3)26-15/h4-9H,1-3H3,(H,27,29)(H,24,25,26,28). The number of anilines is 2. The van der Waals surface area contributed by atoms with Crippen LogP contribution in [0.25, 0.3) is 22.4 Å². The van der Waals surface area contributed by atoms with Crippen LogP contribution >= 0.6 is 0 Å². The second-order valence-electron chi connectivity index (χ2n) is 6.70. The van der Waals surface area contributed by atoms with E-state index >= 15 is 0 Å². The third-order valence-corrected chi connectivity index (χ3v) is 4.43. The second kappa shape index (κ2) is 6.84. The van der Waals surface area contributed by atoms with Crippen molar-refractivity contribution in [2.24, 2.45) is 0 Å². The van der Waals surface area contributed by atoms with Gasteiger partial charge in [-0.15, -0.1) is 0 Å². The van der Waals surface area contributed by atoms with E-state index in [9.17, 15) is 13.2 Å². The van der Waals surface area contributed by atoms with Gasteiger partial charge in [-0.1, -0.05) is 12.1 Å². The summed E-state index contributed by atoms with van der Waals surface area (Å²) in [4.78, 5) is 20.2. The molecule has 29 heavy (non-hydrogen) atoms. The Balaban J connectivity index is 1.84. The monoisotopic (exact) mass is 398 g/mol. The van der Waals surface area contributed by atoms with Gasteiger partial charge in [0.15, 0.2) is 5.82 Å². The van der Waals surface area contributed by atoms with Crippen LogP contribution in [0.3, 0.4) is 0 Å². The fourth-order valence-corrected chi connectivity index (χ4v) is 3.27. The highest BCUT2D eigenvalue weighted by molar-refractivity contribution is 5.90. The maximum Gasteiger partial charge on any atom is 0.417 e. The summed E-state index contributed by atoms with van der Waals surface area (Å²) in [5.74, 6) is 1.69. The van der Waals surface area contributed by atoms with Gasteiger partial charge in [0.25, 0.3) is 0 Å². The van der Waals surface area contributed by atoms with Crippen LogP contribution in [0.5, 0.6) is 0 Å². The summed E-state index contributed by atoms with van der Waals surface area (Å²) in [6, 6.07) is 7.47. The zero-order valence-electron chi connectivity index (χ0n) is 15.9. The molecule has 0 unspecified atom stereocenters. The van der Waals surface area contributed by atoms with Gasteiger partial charge in [-0.2, -0.15) is 13.2 Å². The molecular formula is C20H17F3N6. The number of halogens is 3. The van der Waals surface area contributed by atoms with E-state index in [1.54, 1.807) is 38.2 Å². The Labute approximate surface area is 164 Å². The lowest BCUT2D eigenvalue weighted by atomic mass is 10.0. The van der Waals surface area contributed by atoms with Crippen molar-refractivity contribution in [3.05, 3.63) is 59.2 Å². The number of fused-ring (bicyclic) bond motifs is 1. The van der Waals surface area contributed by atoms with Crippen molar-refractivity contribution in [3.63, 3.8) is 0 Å². The third kappa shape index (κ3) is 3.63. The molecule has 1 aromatic carbocycles. The average Bonchev–Trinajstić information content (AvgIpc) is 3.04. The SMILES string of the molecule is Cc1cc(Nc2nccc3nc(-c4c(C)cccc4C(F)(F)F)[nH]c23)nc(C)n1. The van der Waals surface area contributed by atoms with Gasteiger partial charge in [0.2, 0.25) is 0 Å². The molecule has 4 rings (SSSR count). The quantitative estimate of drug-likeness (QED) is 0.502. The molecule has 0 aliphatic carbocycles. The number of hydrogen-bond donors (Lipinski definition) is 2. The normalized spacial score (nSPS) is 11.8. The molecule has 3 aromatic heterocycles. The van der Waals surface area contributed by atoms with Crippen molar-refractivity contribution < 1.29 is 13.2 Å². The van der Waals surface area contributed by atoms with E-state index in [0.717, 1.165) is 11.8 Å². The minimum Gasteiger partial charge on any atom is -0.335 e. The maximum absolute atomic E-state index is 13.5. The van der Waals surface area contributed by atoms with Crippen molar-refractivity contribution in [2.45, 2.75) is 26.9 Å². The van der Waals surface area contributed by atoms with Crippen LogP contribution in [0, 0.1) is 20.8 Å². The number of H-pyrrole nitrogens is 1. The predicted octanol–water partition coefficient (Wildman–Crippen LogP) is 5.10. The lowest BCUT2D eigenvalue weighted by molar-refractivity contribution is -0.137. The molecule has 6 nitrogen and oxygen atoms in total. The number of benzene rings is 1. The van der Waals surface area contributed by atoms with Crippen LogP contribution in [-0.4, -0.2) is 24.9 Å². The number of nitrogens with zero attached hydrogens (tertiary/aromatic N) is 4. The van der Waals surface area contributed by atoms with Crippen LogP contribution in [0.15, 0.2) is 36.5 Å². The van der Waals surface area contributed by atoms with E-state index in [-0.39, 0.29) is 11.4 Å². The van der Waals surface area contributed by atoms with Gasteiger partial charge < -0.3 is 10.3 Å². The number of aryl methyl sites for hydroxylation is 3. The molecule has 0 fully saturated rings. The van der Waals surface area contributed by atoms with Crippen LogP contribution in [0.4, 0.5) is 24.8 Å². The van der Waals surface area contributed by atoms with E-state index in [2.05, 4.69) is 30.2 Å². The second-order valence-corrected chi connectivity index (χ2v) is 6.70. The molecule has 0 aliphatic heterocycles. The number of aromatic amines is 1. The van der Waals surface area contributed by atoms with E-state index in [1.807, 2.05) is 6.92 Å². The predicted molar refractivity (Wildman–Crippen MR) is 104 cm³/mol. The highest BCUT2D eigenvalue weighted by Gasteiger charge is 2.35. The van der Waals surface area contributed by atoms with Crippen LogP contribution < -0.4 is 5.32 Å². The average molecular weight is 398 g/mol. The van der Waals surface area contributed by atoms with Crippen molar-refractivity contribution in [1.29, 1.82) is 0 Å². The first kappa shape index (κ1) is 18.9. The molecule has 0 saturated carbocycles. The summed E-state index contributed by atoms with van der Waals surface area (Å²) in [6.07, 6.45) is -2.95. The Kier molecular flexibility index (Phi) is 4.45. The Morgan fingerprint density at radius 1 is 1.00 bits per heavy atom. The molecule has 0 amide bonds. The van der Waals surface area contributed by atoms with Crippen molar-refractivity contribution in [1.82, 2.24) is 24.9 Å².